The van der Waals surface area contributed by atoms with Crippen LogP contribution in [0.1, 0.15) is 19.2 Å². The van der Waals surface area contributed by atoms with Crippen LogP contribution in [0.15, 0.2) is 6.58 Å². The fourth-order valence-electron chi connectivity index (χ4n) is 0.470. The minimum Gasteiger partial charge on any atom is -0.177 e. The van der Waals surface area contributed by atoms with Crippen molar-refractivity contribution in [3.05, 3.63) is 12.4 Å². The monoisotopic (exact) mass is 124 g/mol. The second-order valence-electron chi connectivity index (χ2n) is 1.69. The lowest BCUT2D eigenvalue weighted by Crippen LogP contribution is -1.83. The number of aromatic amines is 1. The number of nitrogens with zero attached hydrogens (tertiary/aromatic N) is 3. The molecule has 0 aliphatic carbocycles. The molecular formula is C5H8N4. The van der Waals surface area contributed by atoms with Crippen molar-refractivity contribution in [1.82, 2.24) is 20.6 Å². The molecule has 0 unspecified atom stereocenters. The van der Waals surface area contributed by atoms with Gasteiger partial charge in [0.05, 0.1) is 0 Å². The van der Waals surface area contributed by atoms with Crippen LogP contribution in [0, 0.1) is 0 Å². The van der Waals surface area contributed by atoms with Crippen molar-refractivity contribution >= 4 is 5.57 Å². The van der Waals surface area contributed by atoms with E-state index in [0.29, 0.717) is 5.82 Å². The molecule has 1 aromatic rings. The number of nitrogens with one attached hydrogen (secondary N) is 1. The lowest BCUT2D eigenvalue weighted by atomic mass is 10.2. The molecule has 0 aliphatic rings. The van der Waals surface area contributed by atoms with Crippen LogP contribution >= 0.6 is 0 Å². The fraction of sp³-hybridized carbons (Fsp3) is 0.400. The van der Waals surface area contributed by atoms with Gasteiger partial charge >= 0.3 is 0 Å². The van der Waals surface area contributed by atoms with Crippen LogP contribution in [-0.4, -0.2) is 20.6 Å². The zero-order valence-corrected chi connectivity index (χ0v) is 5.26. The van der Waals surface area contributed by atoms with E-state index < -0.39 is 0 Å². The van der Waals surface area contributed by atoms with Crippen LogP contribution in [0.3, 0.4) is 0 Å². The highest BCUT2D eigenvalue weighted by atomic mass is 15.5. The van der Waals surface area contributed by atoms with Crippen molar-refractivity contribution in [2.45, 2.75) is 13.3 Å². The molecule has 0 saturated heterocycles. The highest BCUT2D eigenvalue weighted by Crippen LogP contribution is 2.06. The Labute approximate surface area is 53.0 Å². The molecule has 0 aliphatic heterocycles. The maximum atomic E-state index is 3.74. The maximum Gasteiger partial charge on any atom is 0.200 e. The van der Waals surface area contributed by atoms with E-state index in [1.807, 2.05) is 6.92 Å². The average Bonchev–Trinajstić information content (AvgIpc) is 2.37. The van der Waals surface area contributed by atoms with E-state index in [1.165, 1.54) is 0 Å². The highest BCUT2D eigenvalue weighted by Gasteiger charge is 1.98. The lowest BCUT2D eigenvalue weighted by molar-refractivity contribution is 0.881. The number of hydrogen-bond acceptors (Lipinski definition) is 3. The molecule has 0 fully saturated rings. The van der Waals surface area contributed by atoms with Gasteiger partial charge in [0, 0.05) is 0 Å². The van der Waals surface area contributed by atoms with Gasteiger partial charge in [-0.3, -0.25) is 0 Å². The van der Waals surface area contributed by atoms with Crippen molar-refractivity contribution in [3.63, 3.8) is 0 Å². The molecule has 0 spiro atoms. The Bertz CT molecular complexity index is 189. The molecule has 0 atom stereocenters. The van der Waals surface area contributed by atoms with Crippen LogP contribution in [0.5, 0.6) is 0 Å². The van der Waals surface area contributed by atoms with Gasteiger partial charge < -0.3 is 0 Å². The van der Waals surface area contributed by atoms with E-state index >= 15 is 0 Å². The number of allylic oxidation sites excluding steroid dienone is 1. The number of rotatable bonds is 2. The molecule has 48 valence electrons. The van der Waals surface area contributed by atoms with E-state index in [2.05, 4.69) is 27.2 Å². The van der Waals surface area contributed by atoms with Crippen molar-refractivity contribution in [2.75, 3.05) is 0 Å². The van der Waals surface area contributed by atoms with Gasteiger partial charge in [0.2, 0.25) is 0 Å². The molecule has 4 heteroatoms. The number of hydrogen-bond donors (Lipinski definition) is 1. The molecule has 0 saturated carbocycles. The largest absolute Gasteiger partial charge is 0.200 e. The Morgan fingerprint density at radius 1 is 1.78 bits per heavy atom. The Hall–Kier alpha value is -1.19. The Morgan fingerprint density at radius 2 is 2.56 bits per heavy atom. The van der Waals surface area contributed by atoms with Gasteiger partial charge in [0.15, 0.2) is 5.82 Å². The third kappa shape index (κ3) is 1.13. The first kappa shape index (κ1) is 5.94. The number of tetrazole rings is 1. The third-order valence-electron chi connectivity index (χ3n) is 1.09. The standard InChI is InChI=1S/C5H8N4/c1-3-4(2)5-6-8-9-7-5/h2-3H2,1H3,(H,6,7,8,9). The van der Waals surface area contributed by atoms with Crippen LogP contribution in [0.2, 0.25) is 0 Å². The third-order valence-corrected chi connectivity index (χ3v) is 1.09. The first-order valence-corrected chi connectivity index (χ1v) is 2.76. The smallest absolute Gasteiger partial charge is 0.177 e. The van der Waals surface area contributed by atoms with Gasteiger partial charge in [0.25, 0.3) is 0 Å². The maximum absolute atomic E-state index is 3.74. The molecule has 1 heterocycles. The summed E-state index contributed by atoms with van der Waals surface area (Å²) in [5.74, 6) is 0.609. The molecule has 9 heavy (non-hydrogen) atoms. The summed E-state index contributed by atoms with van der Waals surface area (Å²) in [4.78, 5) is 0. The van der Waals surface area contributed by atoms with E-state index in [0.717, 1.165) is 12.0 Å². The Kier molecular flexibility index (Phi) is 1.58. The van der Waals surface area contributed by atoms with Crippen LogP contribution in [0.25, 0.3) is 5.57 Å². The van der Waals surface area contributed by atoms with Gasteiger partial charge in [-0.1, -0.05) is 13.5 Å². The minimum absolute atomic E-state index is 0.609. The average molecular weight is 124 g/mol. The van der Waals surface area contributed by atoms with Crippen LogP contribution < -0.4 is 0 Å². The second-order valence-corrected chi connectivity index (χ2v) is 1.69. The van der Waals surface area contributed by atoms with Gasteiger partial charge in [-0.2, -0.15) is 5.21 Å². The summed E-state index contributed by atoms with van der Waals surface area (Å²) in [6.45, 7) is 5.73. The molecule has 0 bridgehead atoms. The molecule has 0 radical (unpaired) electrons. The fourth-order valence-corrected chi connectivity index (χ4v) is 0.470. The molecule has 1 aromatic heterocycles. The zero-order chi connectivity index (χ0) is 6.69. The van der Waals surface area contributed by atoms with E-state index in [9.17, 15) is 0 Å². The van der Waals surface area contributed by atoms with E-state index in [1.54, 1.807) is 0 Å². The first-order valence-electron chi connectivity index (χ1n) is 2.76. The number of H-pyrrole nitrogens is 1. The SMILES string of the molecule is C=C(CC)c1nn[nH]n1. The normalized spacial score (nSPS) is 9.44. The van der Waals surface area contributed by atoms with Crippen molar-refractivity contribution in [2.24, 2.45) is 0 Å². The molecule has 1 rings (SSSR count). The summed E-state index contributed by atoms with van der Waals surface area (Å²) in [6.07, 6.45) is 0.861. The van der Waals surface area contributed by atoms with Crippen molar-refractivity contribution in [3.8, 4) is 0 Å². The predicted molar refractivity (Wildman–Crippen MR) is 33.5 cm³/mol. The lowest BCUT2D eigenvalue weighted by Gasteiger charge is -1.88. The summed E-state index contributed by atoms with van der Waals surface area (Å²) in [5.41, 5.74) is 0.906. The summed E-state index contributed by atoms with van der Waals surface area (Å²) in [6, 6.07) is 0. The summed E-state index contributed by atoms with van der Waals surface area (Å²) >= 11 is 0. The van der Waals surface area contributed by atoms with Crippen molar-refractivity contribution in [1.29, 1.82) is 0 Å². The number of aromatic nitrogens is 4. The summed E-state index contributed by atoms with van der Waals surface area (Å²) in [7, 11) is 0. The molecule has 4 nitrogen and oxygen atoms in total. The first-order chi connectivity index (χ1) is 4.34. The minimum atomic E-state index is 0.609. The zero-order valence-electron chi connectivity index (χ0n) is 5.26. The van der Waals surface area contributed by atoms with E-state index in [-0.39, 0.29) is 0 Å². The molecular weight excluding hydrogens is 116 g/mol. The molecule has 0 aromatic carbocycles. The Balaban J connectivity index is 2.77. The van der Waals surface area contributed by atoms with Gasteiger partial charge in [-0.25, -0.2) is 0 Å². The van der Waals surface area contributed by atoms with Crippen LogP contribution in [-0.2, 0) is 0 Å². The molecule has 0 amide bonds. The summed E-state index contributed by atoms with van der Waals surface area (Å²) in [5, 5.41) is 13.2. The summed E-state index contributed by atoms with van der Waals surface area (Å²) < 4.78 is 0. The molecule has 1 N–H and O–H groups in total. The van der Waals surface area contributed by atoms with Gasteiger partial charge in [-0.05, 0) is 17.2 Å². The van der Waals surface area contributed by atoms with Crippen molar-refractivity contribution < 1.29 is 0 Å². The predicted octanol–water partition coefficient (Wildman–Crippen LogP) is 0.623. The van der Waals surface area contributed by atoms with Crippen LogP contribution in [0.4, 0.5) is 0 Å². The topological polar surface area (TPSA) is 54.5 Å². The second kappa shape index (κ2) is 2.39. The quantitative estimate of drug-likeness (QED) is 0.628. The van der Waals surface area contributed by atoms with Gasteiger partial charge in [-0.15, -0.1) is 10.2 Å². The van der Waals surface area contributed by atoms with Gasteiger partial charge in [0.1, 0.15) is 0 Å². The Morgan fingerprint density at radius 3 is 3.00 bits per heavy atom. The van der Waals surface area contributed by atoms with E-state index in [4.69, 9.17) is 0 Å². The highest BCUT2D eigenvalue weighted by molar-refractivity contribution is 5.55.